The number of hydrogen-bond donors (Lipinski definition) is 3. The van der Waals surface area contributed by atoms with Gasteiger partial charge in [0.2, 0.25) is 0 Å². The molecule has 0 spiro atoms. The van der Waals surface area contributed by atoms with Gasteiger partial charge in [-0.1, -0.05) is 12.1 Å². The van der Waals surface area contributed by atoms with Gasteiger partial charge < -0.3 is 39.2 Å². The summed E-state index contributed by atoms with van der Waals surface area (Å²) in [5.41, 5.74) is 0.866. The van der Waals surface area contributed by atoms with Crippen molar-refractivity contribution in [3.05, 3.63) is 62.5 Å². The van der Waals surface area contributed by atoms with E-state index in [9.17, 15) is 29.9 Å². The van der Waals surface area contributed by atoms with Crippen molar-refractivity contribution in [3.8, 4) is 0 Å². The van der Waals surface area contributed by atoms with Gasteiger partial charge in [-0.2, -0.15) is 0 Å². The van der Waals surface area contributed by atoms with Gasteiger partial charge in [-0.3, -0.25) is 10.1 Å². The minimum Gasteiger partial charge on any atom is -0.466 e. The van der Waals surface area contributed by atoms with E-state index in [1.54, 1.807) is 33.8 Å². The number of esters is 2. The number of fused-ring (bicyclic) bond motifs is 1. The van der Waals surface area contributed by atoms with E-state index in [2.05, 4.69) is 5.32 Å². The second kappa shape index (κ2) is 10.4. The van der Waals surface area contributed by atoms with Gasteiger partial charge in [0.25, 0.3) is 5.69 Å². The SMILES string of the molecule is COC(=O)C1=C(C)NC(C)=C(C(=O)O[C@@H]2[C@H]3OC(C)(C)O[C@H]3O[C@@H]2[C@H](O)CO)C1c1cccc([N+](=O)[O-])c1. The van der Waals surface area contributed by atoms with E-state index in [4.69, 9.17) is 23.7 Å². The maximum atomic E-state index is 13.8. The number of nitro groups is 1. The third kappa shape index (κ3) is 5.02. The minimum atomic E-state index is -1.41. The molecule has 1 unspecified atom stereocenters. The Kier molecular flexibility index (Phi) is 7.59. The first-order valence-electron chi connectivity index (χ1n) is 11.9. The first kappa shape index (κ1) is 27.7. The van der Waals surface area contributed by atoms with Crippen LogP contribution >= 0.6 is 0 Å². The van der Waals surface area contributed by atoms with Crippen molar-refractivity contribution in [2.24, 2.45) is 0 Å². The van der Waals surface area contributed by atoms with E-state index in [1.807, 2.05) is 0 Å². The molecule has 0 aromatic heterocycles. The normalized spacial score (nSPS) is 29.0. The number of allylic oxidation sites excluding steroid dienone is 2. The largest absolute Gasteiger partial charge is 0.466 e. The summed E-state index contributed by atoms with van der Waals surface area (Å²) in [7, 11) is 1.19. The fourth-order valence-electron chi connectivity index (χ4n) is 5.04. The Bertz CT molecular complexity index is 1210. The molecular formula is C25H30N2O11. The van der Waals surface area contributed by atoms with Crippen LogP contribution in [0.25, 0.3) is 0 Å². The van der Waals surface area contributed by atoms with Crippen LogP contribution in [0.1, 0.15) is 39.2 Å². The average Bonchev–Trinajstić information content (AvgIpc) is 3.34. The van der Waals surface area contributed by atoms with Gasteiger partial charge >= 0.3 is 11.9 Å². The van der Waals surface area contributed by atoms with E-state index in [-0.39, 0.29) is 16.8 Å². The molecule has 0 saturated carbocycles. The number of nitrogens with one attached hydrogen (secondary N) is 1. The number of nitrogens with zero attached hydrogens (tertiary/aromatic N) is 1. The van der Waals surface area contributed by atoms with E-state index in [0.29, 0.717) is 17.0 Å². The lowest BCUT2D eigenvalue weighted by Crippen LogP contribution is -2.45. The number of carbonyl (C=O) groups is 2. The van der Waals surface area contributed by atoms with E-state index < -0.39 is 65.9 Å². The number of ether oxygens (including phenoxy) is 5. The van der Waals surface area contributed by atoms with Crippen molar-refractivity contribution in [1.29, 1.82) is 0 Å². The molecule has 13 nitrogen and oxygen atoms in total. The van der Waals surface area contributed by atoms with Crippen molar-refractivity contribution in [2.75, 3.05) is 13.7 Å². The smallest absolute Gasteiger partial charge is 0.337 e. The highest BCUT2D eigenvalue weighted by atomic mass is 16.8. The third-order valence-electron chi connectivity index (χ3n) is 6.64. The minimum absolute atomic E-state index is 0.00429. The van der Waals surface area contributed by atoms with Gasteiger partial charge in [-0.25, -0.2) is 9.59 Å². The summed E-state index contributed by atoms with van der Waals surface area (Å²) in [5.74, 6) is -3.76. The first-order chi connectivity index (χ1) is 17.9. The number of methoxy groups -OCH3 is 1. The van der Waals surface area contributed by atoms with Gasteiger partial charge in [-0.05, 0) is 33.3 Å². The summed E-state index contributed by atoms with van der Waals surface area (Å²) in [6.07, 6.45) is -5.63. The first-order valence-corrected chi connectivity index (χ1v) is 11.9. The van der Waals surface area contributed by atoms with Crippen LogP contribution in [-0.2, 0) is 33.3 Å². The van der Waals surface area contributed by atoms with E-state index >= 15 is 0 Å². The number of carbonyl (C=O) groups excluding carboxylic acids is 2. The molecule has 3 aliphatic rings. The van der Waals surface area contributed by atoms with Crippen LogP contribution in [0.5, 0.6) is 0 Å². The van der Waals surface area contributed by atoms with Crippen molar-refractivity contribution in [1.82, 2.24) is 5.32 Å². The van der Waals surface area contributed by atoms with Crippen LogP contribution in [0.4, 0.5) is 5.69 Å². The number of hydrogen-bond acceptors (Lipinski definition) is 12. The Labute approximate surface area is 218 Å². The van der Waals surface area contributed by atoms with Gasteiger partial charge in [-0.15, -0.1) is 0 Å². The Morgan fingerprint density at radius 3 is 2.45 bits per heavy atom. The lowest BCUT2D eigenvalue weighted by Gasteiger charge is -2.32. The Morgan fingerprint density at radius 1 is 1.18 bits per heavy atom. The Morgan fingerprint density at radius 2 is 1.84 bits per heavy atom. The molecule has 3 heterocycles. The second-order valence-electron chi connectivity index (χ2n) is 9.67. The third-order valence-corrected chi connectivity index (χ3v) is 6.64. The zero-order valence-corrected chi connectivity index (χ0v) is 21.5. The molecule has 2 saturated heterocycles. The highest BCUT2D eigenvalue weighted by molar-refractivity contribution is 6.00. The highest BCUT2D eigenvalue weighted by Gasteiger charge is 2.58. The fourth-order valence-corrected chi connectivity index (χ4v) is 5.04. The molecule has 0 radical (unpaired) electrons. The van der Waals surface area contributed by atoms with Gasteiger partial charge in [0.1, 0.15) is 12.2 Å². The Balaban J connectivity index is 1.75. The maximum absolute atomic E-state index is 13.8. The maximum Gasteiger partial charge on any atom is 0.337 e. The molecule has 13 heteroatoms. The second-order valence-corrected chi connectivity index (χ2v) is 9.67. The number of aliphatic hydroxyl groups excluding tert-OH is 2. The molecule has 38 heavy (non-hydrogen) atoms. The van der Waals surface area contributed by atoms with Crippen molar-refractivity contribution < 1.29 is 48.4 Å². The summed E-state index contributed by atoms with van der Waals surface area (Å²) in [4.78, 5) is 37.6. The van der Waals surface area contributed by atoms with Gasteiger partial charge in [0.05, 0.1) is 35.7 Å². The molecule has 4 rings (SSSR count). The molecule has 2 fully saturated rings. The molecule has 0 aliphatic carbocycles. The van der Waals surface area contributed by atoms with Gasteiger partial charge in [0, 0.05) is 23.5 Å². The van der Waals surface area contributed by atoms with Crippen LogP contribution in [0, 0.1) is 10.1 Å². The lowest BCUT2D eigenvalue weighted by molar-refractivity contribution is -0.384. The van der Waals surface area contributed by atoms with Gasteiger partial charge in [0.15, 0.2) is 24.3 Å². The summed E-state index contributed by atoms with van der Waals surface area (Å²) in [5, 5.41) is 34.3. The molecule has 206 valence electrons. The fraction of sp³-hybridized carbons (Fsp3) is 0.520. The zero-order chi connectivity index (χ0) is 27.9. The molecule has 6 atom stereocenters. The van der Waals surface area contributed by atoms with Crippen molar-refractivity contribution in [3.63, 3.8) is 0 Å². The summed E-state index contributed by atoms with van der Waals surface area (Å²) in [6, 6.07) is 5.58. The van der Waals surface area contributed by atoms with E-state index in [0.717, 1.165) is 0 Å². The van der Waals surface area contributed by atoms with Crippen LogP contribution in [0.3, 0.4) is 0 Å². The highest BCUT2D eigenvalue weighted by Crippen LogP contribution is 2.43. The molecule has 1 aromatic rings. The molecule has 3 N–H and O–H groups in total. The summed E-state index contributed by atoms with van der Waals surface area (Å²) in [6.45, 7) is 5.85. The number of benzene rings is 1. The molecule has 3 aliphatic heterocycles. The van der Waals surface area contributed by atoms with Crippen LogP contribution in [0.15, 0.2) is 46.8 Å². The van der Waals surface area contributed by atoms with E-state index in [1.165, 1.54) is 25.3 Å². The van der Waals surface area contributed by atoms with Crippen molar-refractivity contribution >= 4 is 17.6 Å². The quantitative estimate of drug-likeness (QED) is 0.259. The average molecular weight is 535 g/mol. The summed E-state index contributed by atoms with van der Waals surface area (Å²) < 4.78 is 28.1. The van der Waals surface area contributed by atoms with Crippen LogP contribution in [-0.4, -0.2) is 77.3 Å². The predicted molar refractivity (Wildman–Crippen MR) is 128 cm³/mol. The Hall–Kier alpha value is -3.36. The van der Waals surface area contributed by atoms with Crippen LogP contribution in [0.2, 0.25) is 0 Å². The number of non-ortho nitro benzene ring substituents is 1. The number of dihydropyridines is 1. The standard InChI is InChI=1S/C25H30N2O11/c1-11-16(22(30)34-5)18(13-7-6-8-14(9-13)27(32)33)17(12(2)26-11)23(31)35-20-19(15(29)10-28)36-24-21(20)37-25(3,4)38-24/h6-9,15,18-21,24,26,28-29H,10H2,1-5H3/t15-,18?,19-,20+,21-,24-/m1/s1. The lowest BCUT2D eigenvalue weighted by atomic mass is 9.80. The summed E-state index contributed by atoms with van der Waals surface area (Å²) >= 11 is 0. The molecule has 0 amide bonds. The number of rotatable bonds is 7. The zero-order valence-electron chi connectivity index (χ0n) is 21.5. The monoisotopic (exact) mass is 534 g/mol. The van der Waals surface area contributed by atoms with Crippen LogP contribution < -0.4 is 5.32 Å². The van der Waals surface area contributed by atoms with Crippen molar-refractivity contribution in [2.45, 2.75) is 70.1 Å². The number of aliphatic hydroxyl groups is 2. The topological polar surface area (TPSA) is 176 Å². The molecule has 0 bridgehead atoms. The molecule has 1 aromatic carbocycles. The predicted octanol–water partition coefficient (Wildman–Crippen LogP) is 1.14. The molecular weight excluding hydrogens is 504 g/mol. The number of nitro benzene ring substituents is 1.